The summed E-state index contributed by atoms with van der Waals surface area (Å²) in [5, 5.41) is 2.79. The molecule has 1 heterocycles. The lowest BCUT2D eigenvalue weighted by atomic mass is 10.2. The molecular formula is C16H22N2O4. The molecule has 1 aliphatic rings. The number of ether oxygens (including phenoxy) is 2. The first-order valence-electron chi connectivity index (χ1n) is 7.43. The first-order chi connectivity index (χ1) is 10.7. The van der Waals surface area contributed by atoms with Crippen molar-refractivity contribution in [2.24, 2.45) is 0 Å². The summed E-state index contributed by atoms with van der Waals surface area (Å²) in [5.74, 6) is 0.0177. The summed E-state index contributed by atoms with van der Waals surface area (Å²) in [6.45, 7) is 2.14. The van der Waals surface area contributed by atoms with Gasteiger partial charge in [-0.3, -0.25) is 9.59 Å². The summed E-state index contributed by atoms with van der Waals surface area (Å²) in [4.78, 5) is 25.0. The Morgan fingerprint density at radius 2 is 2.05 bits per heavy atom. The maximum atomic E-state index is 11.7. The van der Waals surface area contributed by atoms with Gasteiger partial charge in [0.05, 0.1) is 13.2 Å². The molecule has 0 spiro atoms. The Balaban J connectivity index is 1.74. The highest BCUT2D eigenvalue weighted by atomic mass is 16.5. The molecular weight excluding hydrogens is 284 g/mol. The van der Waals surface area contributed by atoms with E-state index in [9.17, 15) is 9.59 Å². The summed E-state index contributed by atoms with van der Waals surface area (Å²) < 4.78 is 9.97. The number of nitrogens with one attached hydrogen (secondary N) is 1. The molecule has 1 N–H and O–H groups in total. The summed E-state index contributed by atoms with van der Waals surface area (Å²) in [6, 6.07) is 7.68. The number of anilines is 1. The topological polar surface area (TPSA) is 67.9 Å². The lowest BCUT2D eigenvalue weighted by Crippen LogP contribution is -2.27. The Morgan fingerprint density at radius 3 is 2.68 bits per heavy atom. The first-order valence-corrected chi connectivity index (χ1v) is 7.43. The van der Waals surface area contributed by atoms with Gasteiger partial charge >= 0.3 is 0 Å². The van der Waals surface area contributed by atoms with Crippen molar-refractivity contribution in [1.82, 2.24) is 5.32 Å². The second-order valence-corrected chi connectivity index (χ2v) is 5.14. The van der Waals surface area contributed by atoms with Gasteiger partial charge in [-0.1, -0.05) is 12.1 Å². The molecule has 0 radical (unpaired) electrons. The molecule has 0 aromatic heterocycles. The van der Waals surface area contributed by atoms with Crippen molar-refractivity contribution < 1.29 is 19.1 Å². The Bertz CT molecular complexity index is 501. The number of nitrogens with zero attached hydrogens (tertiary/aromatic N) is 1. The predicted molar refractivity (Wildman–Crippen MR) is 82.6 cm³/mol. The highest BCUT2D eigenvalue weighted by Crippen LogP contribution is 2.21. The maximum Gasteiger partial charge on any atom is 0.246 e. The molecule has 1 aromatic rings. The molecule has 1 aromatic carbocycles. The minimum atomic E-state index is -0.157. The van der Waals surface area contributed by atoms with Crippen LogP contribution in [-0.2, 0) is 25.6 Å². The van der Waals surface area contributed by atoms with Crippen LogP contribution in [0.4, 0.5) is 5.69 Å². The van der Waals surface area contributed by atoms with E-state index in [1.54, 1.807) is 12.0 Å². The van der Waals surface area contributed by atoms with Gasteiger partial charge in [0.15, 0.2) is 0 Å². The van der Waals surface area contributed by atoms with Crippen molar-refractivity contribution in [2.45, 2.75) is 19.4 Å². The lowest BCUT2D eigenvalue weighted by Gasteiger charge is -2.16. The van der Waals surface area contributed by atoms with E-state index in [1.807, 2.05) is 24.3 Å². The molecule has 2 rings (SSSR count). The zero-order chi connectivity index (χ0) is 15.8. The van der Waals surface area contributed by atoms with Crippen LogP contribution in [0.3, 0.4) is 0 Å². The van der Waals surface area contributed by atoms with Crippen LogP contribution in [0.2, 0.25) is 0 Å². The fourth-order valence-electron chi connectivity index (χ4n) is 2.27. The van der Waals surface area contributed by atoms with Gasteiger partial charge in [-0.05, 0) is 24.1 Å². The van der Waals surface area contributed by atoms with E-state index in [2.05, 4.69) is 5.32 Å². The minimum Gasteiger partial charge on any atom is -0.382 e. The Labute approximate surface area is 130 Å². The molecule has 0 saturated carbocycles. The summed E-state index contributed by atoms with van der Waals surface area (Å²) in [7, 11) is 1.59. The molecule has 0 atom stereocenters. The van der Waals surface area contributed by atoms with Gasteiger partial charge in [0, 0.05) is 32.3 Å². The summed E-state index contributed by atoms with van der Waals surface area (Å²) >= 11 is 0. The maximum absolute atomic E-state index is 11.7. The van der Waals surface area contributed by atoms with Crippen LogP contribution in [-0.4, -0.2) is 45.3 Å². The Hall–Kier alpha value is -1.92. The predicted octanol–water partition coefficient (Wildman–Crippen LogP) is 1.09. The van der Waals surface area contributed by atoms with Crippen LogP contribution in [0, 0.1) is 0 Å². The summed E-state index contributed by atoms with van der Waals surface area (Å²) in [5.41, 5.74) is 1.90. The third-order valence-electron chi connectivity index (χ3n) is 3.48. The van der Waals surface area contributed by atoms with E-state index in [-0.39, 0.29) is 18.4 Å². The second-order valence-electron chi connectivity index (χ2n) is 5.14. The van der Waals surface area contributed by atoms with Gasteiger partial charge in [-0.25, -0.2) is 0 Å². The van der Waals surface area contributed by atoms with Gasteiger partial charge in [-0.15, -0.1) is 0 Å². The first kappa shape index (κ1) is 16.5. The largest absolute Gasteiger partial charge is 0.382 e. The number of carbonyl (C=O) groups excluding carboxylic acids is 2. The van der Waals surface area contributed by atoms with E-state index in [0.29, 0.717) is 26.2 Å². The monoisotopic (exact) mass is 306 g/mol. The van der Waals surface area contributed by atoms with Crippen molar-refractivity contribution in [1.29, 1.82) is 0 Å². The number of benzene rings is 1. The molecule has 1 fully saturated rings. The minimum absolute atomic E-state index is 0.0315. The Kier molecular flexibility index (Phi) is 6.36. The SMILES string of the molecule is COCCOCC(=O)NCc1ccc(N2CCCC2=O)cc1. The normalized spacial score (nSPS) is 14.4. The average molecular weight is 306 g/mol. The molecule has 120 valence electrons. The van der Waals surface area contributed by atoms with Crippen molar-refractivity contribution >= 4 is 17.5 Å². The smallest absolute Gasteiger partial charge is 0.246 e. The van der Waals surface area contributed by atoms with E-state index >= 15 is 0 Å². The highest BCUT2D eigenvalue weighted by Gasteiger charge is 2.21. The zero-order valence-corrected chi connectivity index (χ0v) is 12.8. The van der Waals surface area contributed by atoms with Crippen molar-refractivity contribution in [3.63, 3.8) is 0 Å². The van der Waals surface area contributed by atoms with E-state index < -0.39 is 0 Å². The molecule has 22 heavy (non-hydrogen) atoms. The molecule has 0 bridgehead atoms. The summed E-state index contributed by atoms with van der Waals surface area (Å²) in [6.07, 6.45) is 1.54. The van der Waals surface area contributed by atoms with Crippen LogP contribution in [0.5, 0.6) is 0 Å². The van der Waals surface area contributed by atoms with E-state index in [0.717, 1.165) is 24.2 Å². The quantitative estimate of drug-likeness (QED) is 0.730. The molecule has 1 aliphatic heterocycles. The molecule has 2 amide bonds. The number of carbonyl (C=O) groups is 2. The van der Waals surface area contributed by atoms with Gasteiger partial charge in [0.25, 0.3) is 0 Å². The third kappa shape index (κ3) is 4.82. The number of methoxy groups -OCH3 is 1. The van der Waals surface area contributed by atoms with Gasteiger partial charge < -0.3 is 19.7 Å². The van der Waals surface area contributed by atoms with Gasteiger partial charge in [-0.2, -0.15) is 0 Å². The molecule has 1 saturated heterocycles. The number of hydrogen-bond donors (Lipinski definition) is 1. The zero-order valence-electron chi connectivity index (χ0n) is 12.8. The fraction of sp³-hybridized carbons (Fsp3) is 0.500. The van der Waals surface area contributed by atoms with Crippen LogP contribution < -0.4 is 10.2 Å². The van der Waals surface area contributed by atoms with Crippen LogP contribution >= 0.6 is 0 Å². The molecule has 0 unspecified atom stereocenters. The van der Waals surface area contributed by atoms with E-state index in [4.69, 9.17) is 9.47 Å². The average Bonchev–Trinajstić information content (AvgIpc) is 2.96. The van der Waals surface area contributed by atoms with Crippen molar-refractivity contribution in [3.8, 4) is 0 Å². The Morgan fingerprint density at radius 1 is 1.27 bits per heavy atom. The van der Waals surface area contributed by atoms with Crippen LogP contribution in [0.15, 0.2) is 24.3 Å². The molecule has 6 heteroatoms. The number of hydrogen-bond acceptors (Lipinski definition) is 4. The van der Waals surface area contributed by atoms with Gasteiger partial charge in [0.1, 0.15) is 6.61 Å². The van der Waals surface area contributed by atoms with Crippen molar-refractivity contribution in [3.05, 3.63) is 29.8 Å². The standard InChI is InChI=1S/C16H22N2O4/c1-21-9-10-22-12-15(19)17-11-13-4-6-14(7-5-13)18-8-2-3-16(18)20/h4-7H,2-3,8-12H2,1H3,(H,17,19). The fourth-order valence-corrected chi connectivity index (χ4v) is 2.27. The van der Waals surface area contributed by atoms with E-state index in [1.165, 1.54) is 0 Å². The van der Waals surface area contributed by atoms with Crippen LogP contribution in [0.1, 0.15) is 18.4 Å². The van der Waals surface area contributed by atoms with Crippen LogP contribution in [0.25, 0.3) is 0 Å². The van der Waals surface area contributed by atoms with Crippen molar-refractivity contribution in [2.75, 3.05) is 38.4 Å². The third-order valence-corrected chi connectivity index (χ3v) is 3.48. The molecule has 0 aliphatic carbocycles. The highest BCUT2D eigenvalue weighted by molar-refractivity contribution is 5.95. The van der Waals surface area contributed by atoms with Gasteiger partial charge in [0.2, 0.25) is 11.8 Å². The molecule has 6 nitrogen and oxygen atoms in total. The second kappa shape index (κ2) is 8.51. The number of amides is 2. The lowest BCUT2D eigenvalue weighted by molar-refractivity contribution is -0.126. The number of rotatable bonds is 8.